The number of aromatic carboxylic acids is 1. The Balaban J connectivity index is 1.68. The molecule has 1 saturated heterocycles. The molecule has 0 radical (unpaired) electrons. The molecule has 0 aliphatic carbocycles. The lowest BCUT2D eigenvalue weighted by atomic mass is 10.1. The van der Waals surface area contributed by atoms with Crippen LogP contribution >= 0.6 is 0 Å². The molecule has 6 heteroatoms. The van der Waals surface area contributed by atoms with E-state index in [0.717, 1.165) is 44.8 Å². The van der Waals surface area contributed by atoms with Gasteiger partial charge in [-0.25, -0.2) is 4.79 Å². The lowest BCUT2D eigenvalue weighted by Gasteiger charge is -2.26. The summed E-state index contributed by atoms with van der Waals surface area (Å²) in [5, 5.41) is 13.9. The summed E-state index contributed by atoms with van der Waals surface area (Å²) >= 11 is 0. The minimum Gasteiger partial charge on any atom is -0.477 e. The van der Waals surface area contributed by atoms with Crippen molar-refractivity contribution in [2.45, 2.75) is 13.0 Å². The Kier molecular flexibility index (Phi) is 5.05. The quantitative estimate of drug-likeness (QED) is 0.883. The van der Waals surface area contributed by atoms with Gasteiger partial charge in [0.1, 0.15) is 5.69 Å². The van der Waals surface area contributed by atoms with Crippen LogP contribution in [0.15, 0.2) is 36.4 Å². The summed E-state index contributed by atoms with van der Waals surface area (Å²) < 4.78 is 6.93. The first-order chi connectivity index (χ1) is 11.2. The first-order valence-electron chi connectivity index (χ1n) is 7.91. The van der Waals surface area contributed by atoms with Gasteiger partial charge < -0.3 is 9.84 Å². The number of rotatable bonds is 6. The molecule has 1 N–H and O–H groups in total. The maximum Gasteiger partial charge on any atom is 0.354 e. The highest BCUT2D eigenvalue weighted by Crippen LogP contribution is 2.19. The van der Waals surface area contributed by atoms with Gasteiger partial charge in [0.2, 0.25) is 0 Å². The zero-order valence-corrected chi connectivity index (χ0v) is 13.0. The summed E-state index contributed by atoms with van der Waals surface area (Å²) in [7, 11) is 0. The Morgan fingerprint density at radius 2 is 1.91 bits per heavy atom. The van der Waals surface area contributed by atoms with Crippen LogP contribution in [0.2, 0.25) is 0 Å². The number of benzene rings is 1. The fourth-order valence-corrected chi connectivity index (χ4v) is 2.78. The van der Waals surface area contributed by atoms with Gasteiger partial charge in [0.05, 0.1) is 18.9 Å². The number of hydrogen-bond acceptors (Lipinski definition) is 4. The number of hydrogen-bond donors (Lipinski definition) is 1. The minimum absolute atomic E-state index is 0.242. The molecule has 1 aromatic heterocycles. The van der Waals surface area contributed by atoms with E-state index in [1.807, 2.05) is 30.3 Å². The molecule has 0 spiro atoms. The average molecular weight is 315 g/mol. The number of carboxylic acid groups (broad SMARTS) is 1. The molecular weight excluding hydrogens is 294 g/mol. The number of ether oxygens (including phenoxy) is 1. The number of carbonyl (C=O) groups is 1. The predicted octanol–water partition coefficient (Wildman–Crippen LogP) is 1.97. The second kappa shape index (κ2) is 7.39. The lowest BCUT2D eigenvalue weighted by Crippen LogP contribution is -2.37. The fraction of sp³-hybridized carbons (Fsp3) is 0.412. The van der Waals surface area contributed by atoms with Crippen LogP contribution in [0.5, 0.6) is 0 Å². The van der Waals surface area contributed by atoms with Crippen LogP contribution in [-0.4, -0.2) is 58.6 Å². The minimum atomic E-state index is -0.939. The molecule has 2 aromatic rings. The molecular formula is C17H21N3O3. The molecule has 0 unspecified atom stereocenters. The van der Waals surface area contributed by atoms with E-state index in [0.29, 0.717) is 12.2 Å². The normalized spacial score (nSPS) is 15.7. The second-order valence-electron chi connectivity index (χ2n) is 5.62. The highest BCUT2D eigenvalue weighted by molar-refractivity contribution is 5.87. The van der Waals surface area contributed by atoms with Crippen molar-refractivity contribution in [2.75, 3.05) is 32.8 Å². The van der Waals surface area contributed by atoms with Crippen LogP contribution in [0.3, 0.4) is 0 Å². The van der Waals surface area contributed by atoms with E-state index in [4.69, 9.17) is 4.74 Å². The third-order valence-corrected chi connectivity index (χ3v) is 4.02. The van der Waals surface area contributed by atoms with Crippen LogP contribution in [0.25, 0.3) is 11.3 Å². The number of morpholine rings is 1. The zero-order chi connectivity index (χ0) is 16.1. The topological polar surface area (TPSA) is 67.6 Å². The molecule has 2 heterocycles. The van der Waals surface area contributed by atoms with E-state index in [2.05, 4.69) is 10.00 Å². The highest BCUT2D eigenvalue weighted by atomic mass is 16.5. The van der Waals surface area contributed by atoms with E-state index >= 15 is 0 Å². The number of nitrogens with zero attached hydrogens (tertiary/aromatic N) is 3. The molecule has 0 saturated carbocycles. The van der Waals surface area contributed by atoms with Gasteiger partial charge in [-0.3, -0.25) is 9.58 Å². The monoisotopic (exact) mass is 315 g/mol. The van der Waals surface area contributed by atoms with Gasteiger partial charge in [0.15, 0.2) is 0 Å². The van der Waals surface area contributed by atoms with Crippen molar-refractivity contribution in [1.29, 1.82) is 0 Å². The van der Waals surface area contributed by atoms with Gasteiger partial charge in [0.25, 0.3) is 0 Å². The molecule has 122 valence electrons. The Hall–Kier alpha value is -2.18. The smallest absolute Gasteiger partial charge is 0.354 e. The summed E-state index contributed by atoms with van der Waals surface area (Å²) in [6, 6.07) is 11.3. The molecule has 6 nitrogen and oxygen atoms in total. The van der Waals surface area contributed by atoms with Crippen molar-refractivity contribution in [3.63, 3.8) is 0 Å². The molecule has 3 rings (SSSR count). The van der Waals surface area contributed by atoms with Gasteiger partial charge in [-0.05, 0) is 12.5 Å². The van der Waals surface area contributed by atoms with E-state index in [1.165, 1.54) is 0 Å². The van der Waals surface area contributed by atoms with Gasteiger partial charge in [0, 0.05) is 31.7 Å². The van der Waals surface area contributed by atoms with Gasteiger partial charge >= 0.3 is 5.97 Å². The maximum atomic E-state index is 11.4. The van der Waals surface area contributed by atoms with Crippen molar-refractivity contribution < 1.29 is 14.6 Å². The first-order valence-corrected chi connectivity index (χ1v) is 7.91. The van der Waals surface area contributed by atoms with Crippen LogP contribution in [0.4, 0.5) is 0 Å². The van der Waals surface area contributed by atoms with Crippen LogP contribution in [0.1, 0.15) is 16.9 Å². The van der Waals surface area contributed by atoms with Crippen molar-refractivity contribution in [1.82, 2.24) is 14.7 Å². The molecule has 23 heavy (non-hydrogen) atoms. The summed E-state index contributed by atoms with van der Waals surface area (Å²) in [4.78, 5) is 13.8. The first kappa shape index (κ1) is 15.7. The summed E-state index contributed by atoms with van der Waals surface area (Å²) in [6.45, 7) is 4.98. The van der Waals surface area contributed by atoms with E-state index < -0.39 is 5.97 Å². The molecule has 0 amide bonds. The predicted molar refractivity (Wildman–Crippen MR) is 86.5 cm³/mol. The van der Waals surface area contributed by atoms with E-state index in [9.17, 15) is 9.90 Å². The number of aromatic nitrogens is 2. The van der Waals surface area contributed by atoms with Crippen LogP contribution < -0.4 is 0 Å². The maximum absolute atomic E-state index is 11.4. The molecule has 1 aliphatic heterocycles. The summed E-state index contributed by atoms with van der Waals surface area (Å²) in [5.41, 5.74) is 1.88. The third kappa shape index (κ3) is 3.97. The van der Waals surface area contributed by atoms with Crippen molar-refractivity contribution in [3.05, 3.63) is 42.1 Å². The molecule has 1 aromatic carbocycles. The van der Waals surface area contributed by atoms with Gasteiger partial charge in [-0.15, -0.1) is 0 Å². The molecule has 0 atom stereocenters. The Labute approximate surface area is 135 Å². The van der Waals surface area contributed by atoms with Crippen molar-refractivity contribution >= 4 is 5.97 Å². The van der Waals surface area contributed by atoms with Crippen molar-refractivity contribution in [3.8, 4) is 11.3 Å². The standard InChI is InChI=1S/C17H21N3O3/c21-17(22)16-13-15(14-5-2-1-3-6-14)18-20(16)8-4-7-19-9-11-23-12-10-19/h1-3,5-6,13H,4,7-12H2,(H,21,22). The zero-order valence-electron chi connectivity index (χ0n) is 13.0. The molecule has 1 fully saturated rings. The highest BCUT2D eigenvalue weighted by Gasteiger charge is 2.16. The average Bonchev–Trinajstić information content (AvgIpc) is 3.01. The van der Waals surface area contributed by atoms with Gasteiger partial charge in [-0.1, -0.05) is 30.3 Å². The Morgan fingerprint density at radius 1 is 1.17 bits per heavy atom. The fourth-order valence-electron chi connectivity index (χ4n) is 2.78. The number of carboxylic acids is 1. The van der Waals surface area contributed by atoms with Crippen molar-refractivity contribution in [2.24, 2.45) is 0 Å². The second-order valence-corrected chi connectivity index (χ2v) is 5.62. The largest absolute Gasteiger partial charge is 0.477 e. The Morgan fingerprint density at radius 3 is 2.61 bits per heavy atom. The molecule has 1 aliphatic rings. The Bertz CT molecular complexity index is 648. The SMILES string of the molecule is O=C(O)c1cc(-c2ccccc2)nn1CCCN1CCOCC1. The van der Waals surface area contributed by atoms with Gasteiger partial charge in [-0.2, -0.15) is 5.10 Å². The lowest BCUT2D eigenvalue weighted by molar-refractivity contribution is 0.0367. The van der Waals surface area contributed by atoms with E-state index in [1.54, 1.807) is 10.7 Å². The summed E-state index contributed by atoms with van der Waals surface area (Å²) in [6.07, 6.45) is 0.871. The van der Waals surface area contributed by atoms with Crippen LogP contribution in [0, 0.1) is 0 Å². The van der Waals surface area contributed by atoms with E-state index in [-0.39, 0.29) is 5.69 Å². The third-order valence-electron chi connectivity index (χ3n) is 4.02. The summed E-state index contributed by atoms with van der Waals surface area (Å²) in [5.74, 6) is -0.939. The molecule has 0 bridgehead atoms. The number of aryl methyl sites for hydroxylation is 1. The van der Waals surface area contributed by atoms with Crippen LogP contribution in [-0.2, 0) is 11.3 Å².